The van der Waals surface area contributed by atoms with E-state index in [0.29, 0.717) is 5.33 Å². The van der Waals surface area contributed by atoms with Gasteiger partial charge in [0.2, 0.25) is 5.91 Å². The molecule has 0 radical (unpaired) electrons. The molecule has 1 unspecified atom stereocenters. The monoisotopic (exact) mass is 311 g/mol. The number of amides is 1. The standard InChI is InChI=1S/C15H22BrNO/c1-4-12(5-2)14(18)17-15(3,11-16)13-9-7-6-8-10-13/h6-10,12H,4-5,11H2,1-3H3,(H,17,18). The number of hydrogen-bond acceptors (Lipinski definition) is 1. The SMILES string of the molecule is CCC(CC)C(=O)NC(C)(CBr)c1ccccc1. The van der Waals surface area contributed by atoms with Gasteiger partial charge in [-0.25, -0.2) is 0 Å². The fraction of sp³-hybridized carbons (Fsp3) is 0.533. The number of carbonyl (C=O) groups is 1. The van der Waals surface area contributed by atoms with Crippen LogP contribution in [0.2, 0.25) is 0 Å². The lowest BCUT2D eigenvalue weighted by atomic mass is 9.92. The van der Waals surface area contributed by atoms with Gasteiger partial charge in [-0.15, -0.1) is 0 Å². The first-order valence-corrected chi connectivity index (χ1v) is 7.63. The zero-order valence-electron chi connectivity index (χ0n) is 11.4. The van der Waals surface area contributed by atoms with E-state index in [-0.39, 0.29) is 17.4 Å². The van der Waals surface area contributed by atoms with E-state index >= 15 is 0 Å². The Kier molecular flexibility index (Phi) is 5.86. The summed E-state index contributed by atoms with van der Waals surface area (Å²) < 4.78 is 0. The highest BCUT2D eigenvalue weighted by Crippen LogP contribution is 2.24. The van der Waals surface area contributed by atoms with E-state index in [1.165, 1.54) is 0 Å². The maximum atomic E-state index is 12.2. The first kappa shape index (κ1) is 15.2. The van der Waals surface area contributed by atoms with Crippen molar-refractivity contribution in [1.82, 2.24) is 5.32 Å². The molecule has 0 aromatic heterocycles. The molecule has 2 nitrogen and oxygen atoms in total. The topological polar surface area (TPSA) is 29.1 Å². The summed E-state index contributed by atoms with van der Waals surface area (Å²) in [6.07, 6.45) is 1.77. The number of rotatable bonds is 6. The molecule has 0 saturated heterocycles. The largest absolute Gasteiger partial charge is 0.346 e. The molecule has 0 aliphatic heterocycles. The summed E-state index contributed by atoms with van der Waals surface area (Å²) in [5, 5.41) is 3.88. The maximum absolute atomic E-state index is 12.2. The molecule has 0 fully saturated rings. The summed E-state index contributed by atoms with van der Waals surface area (Å²) in [5.74, 6) is 0.248. The maximum Gasteiger partial charge on any atom is 0.223 e. The molecule has 3 heteroatoms. The zero-order chi connectivity index (χ0) is 13.6. The van der Waals surface area contributed by atoms with Gasteiger partial charge in [0, 0.05) is 11.2 Å². The normalized spacial score (nSPS) is 14.3. The fourth-order valence-corrected chi connectivity index (χ4v) is 2.49. The summed E-state index contributed by atoms with van der Waals surface area (Å²) in [4.78, 5) is 12.2. The van der Waals surface area contributed by atoms with E-state index in [2.05, 4.69) is 54.2 Å². The van der Waals surface area contributed by atoms with E-state index in [9.17, 15) is 4.79 Å². The number of halogens is 1. The minimum atomic E-state index is -0.346. The number of nitrogens with one attached hydrogen (secondary N) is 1. The molecule has 0 bridgehead atoms. The van der Waals surface area contributed by atoms with Gasteiger partial charge in [0.1, 0.15) is 0 Å². The van der Waals surface area contributed by atoms with Crippen LogP contribution in [-0.2, 0) is 10.3 Å². The Balaban J connectivity index is 2.87. The van der Waals surface area contributed by atoms with Crippen LogP contribution in [0.4, 0.5) is 0 Å². The van der Waals surface area contributed by atoms with Crippen LogP contribution in [0.25, 0.3) is 0 Å². The molecule has 1 atom stereocenters. The van der Waals surface area contributed by atoms with Crippen LogP contribution < -0.4 is 5.32 Å². The quantitative estimate of drug-likeness (QED) is 0.794. The third-order valence-electron chi connectivity index (χ3n) is 3.43. The Morgan fingerprint density at radius 3 is 2.28 bits per heavy atom. The van der Waals surface area contributed by atoms with Crippen LogP contribution in [-0.4, -0.2) is 11.2 Å². The average molecular weight is 312 g/mol. The molecule has 0 heterocycles. The second kappa shape index (κ2) is 6.93. The average Bonchev–Trinajstić information content (AvgIpc) is 2.41. The lowest BCUT2D eigenvalue weighted by molar-refractivity contribution is -0.126. The fourth-order valence-electron chi connectivity index (χ4n) is 2.02. The summed E-state index contributed by atoms with van der Waals surface area (Å²) >= 11 is 3.52. The lowest BCUT2D eigenvalue weighted by Crippen LogP contribution is -2.47. The van der Waals surface area contributed by atoms with Crippen molar-refractivity contribution in [3.05, 3.63) is 35.9 Å². The summed E-state index contributed by atoms with van der Waals surface area (Å²) in [6, 6.07) is 10.1. The van der Waals surface area contributed by atoms with Crippen LogP contribution in [0.3, 0.4) is 0 Å². The third-order valence-corrected chi connectivity index (χ3v) is 4.56. The molecule has 0 aliphatic carbocycles. The molecular formula is C15H22BrNO. The molecule has 1 rings (SSSR count). The van der Waals surface area contributed by atoms with Crippen LogP contribution in [0.15, 0.2) is 30.3 Å². The van der Waals surface area contributed by atoms with Crippen LogP contribution in [0.5, 0.6) is 0 Å². The summed E-state index contributed by atoms with van der Waals surface area (Å²) in [5.41, 5.74) is 0.780. The third kappa shape index (κ3) is 3.58. The van der Waals surface area contributed by atoms with Gasteiger partial charge in [-0.1, -0.05) is 60.1 Å². The Bertz CT molecular complexity index is 375. The van der Waals surface area contributed by atoms with Crippen molar-refractivity contribution in [3.63, 3.8) is 0 Å². The number of benzene rings is 1. The molecule has 0 spiro atoms. The first-order chi connectivity index (χ1) is 8.57. The molecule has 18 heavy (non-hydrogen) atoms. The Morgan fingerprint density at radius 2 is 1.83 bits per heavy atom. The highest BCUT2D eigenvalue weighted by molar-refractivity contribution is 9.09. The zero-order valence-corrected chi connectivity index (χ0v) is 13.0. The molecule has 0 aliphatic rings. The number of hydrogen-bond donors (Lipinski definition) is 1. The van der Waals surface area contributed by atoms with E-state index < -0.39 is 0 Å². The molecule has 1 aromatic carbocycles. The van der Waals surface area contributed by atoms with Gasteiger partial charge in [0.25, 0.3) is 0 Å². The van der Waals surface area contributed by atoms with Crippen molar-refractivity contribution in [1.29, 1.82) is 0 Å². The molecule has 1 N–H and O–H groups in total. The van der Waals surface area contributed by atoms with E-state index in [4.69, 9.17) is 0 Å². The van der Waals surface area contributed by atoms with Gasteiger partial charge in [0.05, 0.1) is 5.54 Å². The van der Waals surface area contributed by atoms with Gasteiger partial charge in [-0.05, 0) is 25.3 Å². The van der Waals surface area contributed by atoms with Crippen LogP contribution >= 0.6 is 15.9 Å². The van der Waals surface area contributed by atoms with Crippen molar-refractivity contribution < 1.29 is 4.79 Å². The molecule has 1 amide bonds. The minimum Gasteiger partial charge on any atom is -0.346 e. The van der Waals surface area contributed by atoms with Crippen LogP contribution in [0, 0.1) is 5.92 Å². The van der Waals surface area contributed by atoms with Crippen molar-refractivity contribution in [2.75, 3.05) is 5.33 Å². The minimum absolute atomic E-state index is 0.104. The Morgan fingerprint density at radius 1 is 1.28 bits per heavy atom. The second-order valence-electron chi connectivity index (χ2n) is 4.83. The second-order valence-corrected chi connectivity index (χ2v) is 5.40. The van der Waals surface area contributed by atoms with Crippen LogP contribution in [0.1, 0.15) is 39.2 Å². The van der Waals surface area contributed by atoms with Gasteiger partial charge in [0.15, 0.2) is 0 Å². The smallest absolute Gasteiger partial charge is 0.223 e. The van der Waals surface area contributed by atoms with Gasteiger partial charge in [-0.3, -0.25) is 4.79 Å². The van der Waals surface area contributed by atoms with Crippen molar-refractivity contribution in [2.45, 2.75) is 39.2 Å². The highest BCUT2D eigenvalue weighted by atomic mass is 79.9. The number of alkyl halides is 1. The van der Waals surface area contributed by atoms with Gasteiger partial charge >= 0.3 is 0 Å². The molecule has 100 valence electrons. The van der Waals surface area contributed by atoms with Gasteiger partial charge < -0.3 is 5.32 Å². The molecule has 0 saturated carbocycles. The van der Waals surface area contributed by atoms with Gasteiger partial charge in [-0.2, -0.15) is 0 Å². The molecule has 1 aromatic rings. The summed E-state index contributed by atoms with van der Waals surface area (Å²) in [6.45, 7) is 6.17. The van der Waals surface area contributed by atoms with Crippen molar-refractivity contribution in [2.24, 2.45) is 5.92 Å². The first-order valence-electron chi connectivity index (χ1n) is 6.51. The highest BCUT2D eigenvalue weighted by Gasteiger charge is 2.29. The van der Waals surface area contributed by atoms with E-state index in [0.717, 1.165) is 18.4 Å². The number of carbonyl (C=O) groups excluding carboxylic acids is 1. The summed E-state index contributed by atoms with van der Waals surface area (Å²) in [7, 11) is 0. The van der Waals surface area contributed by atoms with E-state index in [1.807, 2.05) is 18.2 Å². The predicted octanol–water partition coefficient (Wildman–Crippen LogP) is 3.85. The van der Waals surface area contributed by atoms with Crippen molar-refractivity contribution >= 4 is 21.8 Å². The predicted molar refractivity (Wildman–Crippen MR) is 79.8 cm³/mol. The van der Waals surface area contributed by atoms with Crippen molar-refractivity contribution in [3.8, 4) is 0 Å². The Labute approximate surface area is 118 Å². The lowest BCUT2D eigenvalue weighted by Gasteiger charge is -2.31. The van der Waals surface area contributed by atoms with E-state index in [1.54, 1.807) is 0 Å². The molecular weight excluding hydrogens is 290 g/mol. The Hall–Kier alpha value is -0.830.